The number of para-hydroxylation sites is 1. The predicted octanol–water partition coefficient (Wildman–Crippen LogP) is 6.69. The molecule has 0 unspecified atom stereocenters. The van der Waals surface area contributed by atoms with Crippen molar-refractivity contribution < 1.29 is 29.3 Å². The molecule has 36 heavy (non-hydrogen) atoms. The lowest BCUT2D eigenvalue weighted by molar-refractivity contribution is -0.131. The number of phenols is 1. The number of hydrogen-bond donors (Lipinski definition) is 3. The first kappa shape index (κ1) is 24.8. The summed E-state index contributed by atoms with van der Waals surface area (Å²) in [4.78, 5) is 24.4. The van der Waals surface area contributed by atoms with E-state index in [1.54, 1.807) is 78.9 Å². The summed E-state index contributed by atoms with van der Waals surface area (Å²) in [7, 11) is 0. The maximum atomic E-state index is 13.0. The molecule has 4 aromatic carbocycles. The number of ether oxygens (including phenoxy) is 2. The summed E-state index contributed by atoms with van der Waals surface area (Å²) in [6.07, 6.45) is -0.563. The molecule has 0 saturated heterocycles. The fraction of sp³-hybridized carbons (Fsp3) is 0.0714. The molecule has 7 nitrogen and oxygen atoms in total. The van der Waals surface area contributed by atoms with Crippen LogP contribution in [0, 0.1) is 0 Å². The monoisotopic (exact) mass is 547 g/mol. The Morgan fingerprint density at radius 2 is 1.53 bits per heavy atom. The molecule has 2 atom stereocenters. The smallest absolute Gasteiger partial charge is 0.412 e. The lowest BCUT2D eigenvalue weighted by atomic mass is 9.96. The van der Waals surface area contributed by atoms with E-state index in [2.05, 4.69) is 21.2 Å². The minimum absolute atomic E-state index is 0.0639. The van der Waals surface area contributed by atoms with Gasteiger partial charge >= 0.3 is 12.1 Å². The van der Waals surface area contributed by atoms with E-state index >= 15 is 0 Å². The number of carbonyl (C=O) groups is 2. The number of fused-ring (bicyclic) bond motifs is 1. The van der Waals surface area contributed by atoms with E-state index < -0.39 is 24.3 Å². The van der Waals surface area contributed by atoms with Gasteiger partial charge in [0.05, 0.1) is 0 Å². The second-order valence-corrected chi connectivity index (χ2v) is 8.69. The zero-order valence-corrected chi connectivity index (χ0v) is 20.5. The second kappa shape index (κ2) is 11.4. The van der Waals surface area contributed by atoms with Crippen LogP contribution >= 0.6 is 15.9 Å². The van der Waals surface area contributed by atoms with Gasteiger partial charge in [-0.25, -0.2) is 9.59 Å². The zero-order valence-electron chi connectivity index (χ0n) is 18.9. The molecule has 4 aromatic rings. The van der Waals surface area contributed by atoms with E-state index in [0.29, 0.717) is 27.8 Å². The molecular formula is C28H22BrNO6. The Labute approximate surface area is 215 Å². The highest BCUT2D eigenvalue weighted by molar-refractivity contribution is 9.10. The number of anilines is 1. The minimum Gasteiger partial charge on any atom is -0.507 e. The summed E-state index contributed by atoms with van der Waals surface area (Å²) in [5.41, 5.74) is 1.05. The van der Waals surface area contributed by atoms with E-state index in [0.717, 1.165) is 10.5 Å². The highest BCUT2D eigenvalue weighted by Crippen LogP contribution is 2.36. The molecule has 0 saturated carbocycles. The third-order valence-electron chi connectivity index (χ3n) is 5.31. The summed E-state index contributed by atoms with van der Waals surface area (Å²) in [6, 6.07) is 26.0. The van der Waals surface area contributed by atoms with Crippen LogP contribution in [0.3, 0.4) is 0 Å². The van der Waals surface area contributed by atoms with Crippen molar-refractivity contribution in [2.75, 3.05) is 5.32 Å². The fourth-order valence-electron chi connectivity index (χ4n) is 3.69. The van der Waals surface area contributed by atoms with Crippen LogP contribution in [0.1, 0.15) is 11.7 Å². The van der Waals surface area contributed by atoms with Gasteiger partial charge in [-0.2, -0.15) is 0 Å². The molecule has 0 aliphatic heterocycles. The van der Waals surface area contributed by atoms with Gasteiger partial charge in [-0.1, -0.05) is 64.5 Å². The number of hydrogen-bond acceptors (Lipinski definition) is 5. The molecule has 0 bridgehead atoms. The van der Waals surface area contributed by atoms with Gasteiger partial charge in [0.1, 0.15) is 11.5 Å². The van der Waals surface area contributed by atoms with E-state index in [9.17, 15) is 19.8 Å². The second-order valence-electron chi connectivity index (χ2n) is 7.77. The normalized spacial score (nSPS) is 12.7. The summed E-state index contributed by atoms with van der Waals surface area (Å²) in [6.45, 7) is 0. The Balaban J connectivity index is 1.76. The first-order chi connectivity index (χ1) is 17.4. The number of phenolic OH excluding ortho intramolecular Hbond substituents is 1. The molecule has 0 aliphatic rings. The van der Waals surface area contributed by atoms with Crippen LogP contribution in [0.25, 0.3) is 10.8 Å². The van der Waals surface area contributed by atoms with Crippen molar-refractivity contribution in [2.45, 2.75) is 12.2 Å². The molecule has 8 heteroatoms. The number of rotatable bonds is 8. The lowest BCUT2D eigenvalue weighted by Gasteiger charge is -2.27. The fourth-order valence-corrected chi connectivity index (χ4v) is 3.96. The summed E-state index contributed by atoms with van der Waals surface area (Å²) >= 11 is 3.35. The summed E-state index contributed by atoms with van der Waals surface area (Å²) < 4.78 is 12.8. The maximum absolute atomic E-state index is 13.0. The molecule has 182 valence electrons. The van der Waals surface area contributed by atoms with Crippen molar-refractivity contribution >= 4 is 44.5 Å². The van der Waals surface area contributed by atoms with Gasteiger partial charge in [0.15, 0.2) is 12.2 Å². The van der Waals surface area contributed by atoms with Crippen LogP contribution in [0.2, 0.25) is 0 Å². The van der Waals surface area contributed by atoms with E-state index in [4.69, 9.17) is 9.47 Å². The number of carboxylic acids is 1. The number of aromatic hydroxyl groups is 1. The van der Waals surface area contributed by atoms with Gasteiger partial charge in [0, 0.05) is 27.2 Å². The first-order valence-corrected chi connectivity index (χ1v) is 11.8. The molecule has 0 aliphatic carbocycles. The SMILES string of the molecule is O=C(O)/C=C/[C@H](Oc1ccccc1)[C@@H](OC(=O)Nc1ccc(Br)cc1)c1ccc(O)c2ccccc12. The third kappa shape index (κ3) is 6.22. The van der Waals surface area contributed by atoms with Crippen molar-refractivity contribution in [1.82, 2.24) is 0 Å². The number of aliphatic carboxylic acids is 1. The third-order valence-corrected chi connectivity index (χ3v) is 5.84. The standard InChI is InChI=1S/C28H22BrNO6/c29-18-10-12-19(13-11-18)30-28(34)36-27(23-14-15-24(31)22-9-5-4-8-21(22)23)25(16-17-26(32)33)35-20-6-2-1-3-7-20/h1-17,25,27,31H,(H,30,34)(H,32,33)/b17-16+/t25-,27-/m0/s1. The zero-order chi connectivity index (χ0) is 25.5. The first-order valence-electron chi connectivity index (χ1n) is 11.0. The van der Waals surface area contributed by atoms with Gasteiger partial charge in [0.25, 0.3) is 0 Å². The van der Waals surface area contributed by atoms with Crippen molar-refractivity contribution in [1.29, 1.82) is 0 Å². The Morgan fingerprint density at radius 3 is 2.22 bits per heavy atom. The largest absolute Gasteiger partial charge is 0.507 e. The molecule has 0 spiro atoms. The molecular weight excluding hydrogens is 526 g/mol. The molecule has 0 heterocycles. The number of carbonyl (C=O) groups excluding carboxylic acids is 1. The van der Waals surface area contributed by atoms with Crippen LogP contribution in [0.4, 0.5) is 10.5 Å². The molecule has 4 rings (SSSR count). The van der Waals surface area contributed by atoms with Crippen LogP contribution in [-0.4, -0.2) is 28.4 Å². The average molecular weight is 548 g/mol. The number of halogens is 1. The lowest BCUT2D eigenvalue weighted by Crippen LogP contribution is -2.30. The van der Waals surface area contributed by atoms with E-state index in [1.807, 2.05) is 6.07 Å². The Hall–Kier alpha value is -4.30. The number of benzene rings is 4. The maximum Gasteiger partial charge on any atom is 0.412 e. The van der Waals surface area contributed by atoms with Gasteiger partial charge < -0.3 is 19.7 Å². The van der Waals surface area contributed by atoms with Crippen molar-refractivity contribution in [3.63, 3.8) is 0 Å². The Bertz CT molecular complexity index is 1390. The van der Waals surface area contributed by atoms with Crippen molar-refractivity contribution in [2.24, 2.45) is 0 Å². The van der Waals surface area contributed by atoms with Gasteiger partial charge in [-0.15, -0.1) is 0 Å². The predicted molar refractivity (Wildman–Crippen MR) is 140 cm³/mol. The highest BCUT2D eigenvalue weighted by atomic mass is 79.9. The van der Waals surface area contributed by atoms with Crippen molar-refractivity contribution in [3.8, 4) is 11.5 Å². The molecule has 3 N–H and O–H groups in total. The average Bonchev–Trinajstić information content (AvgIpc) is 2.88. The number of nitrogens with one attached hydrogen (secondary N) is 1. The molecule has 0 fully saturated rings. The van der Waals surface area contributed by atoms with Crippen molar-refractivity contribution in [3.05, 3.63) is 113 Å². The summed E-state index contributed by atoms with van der Waals surface area (Å²) in [5.74, 6) is -0.651. The summed E-state index contributed by atoms with van der Waals surface area (Å²) in [5, 5.41) is 23.5. The van der Waals surface area contributed by atoms with E-state index in [1.165, 1.54) is 12.1 Å². The topological polar surface area (TPSA) is 105 Å². The number of carboxylic acid groups (broad SMARTS) is 1. The molecule has 0 radical (unpaired) electrons. The van der Waals surface area contributed by atoms with E-state index in [-0.39, 0.29) is 5.75 Å². The van der Waals surface area contributed by atoms with Gasteiger partial charge in [-0.05, 0) is 53.9 Å². The van der Waals surface area contributed by atoms with Crippen LogP contribution in [0.15, 0.2) is 108 Å². The van der Waals surface area contributed by atoms with Crippen LogP contribution in [-0.2, 0) is 9.53 Å². The highest BCUT2D eigenvalue weighted by Gasteiger charge is 2.30. The van der Waals surface area contributed by atoms with Crippen LogP contribution in [0.5, 0.6) is 11.5 Å². The molecule has 0 aromatic heterocycles. The van der Waals surface area contributed by atoms with Gasteiger partial charge in [-0.3, -0.25) is 5.32 Å². The van der Waals surface area contributed by atoms with Gasteiger partial charge in [0.2, 0.25) is 0 Å². The van der Waals surface area contributed by atoms with Crippen LogP contribution < -0.4 is 10.1 Å². The Kier molecular flexibility index (Phi) is 7.87. The molecule has 1 amide bonds. The Morgan fingerprint density at radius 1 is 0.861 bits per heavy atom. The minimum atomic E-state index is -1.18. The number of amides is 1. The quantitative estimate of drug-likeness (QED) is 0.212.